The molecule has 34 heavy (non-hydrogen) atoms. The molecule has 3 aromatic carbocycles. The minimum absolute atomic E-state index is 0.211. The van der Waals surface area contributed by atoms with E-state index in [1.54, 1.807) is 42.5 Å². The molecule has 0 aliphatic carbocycles. The molecule has 8 nitrogen and oxygen atoms in total. The van der Waals surface area contributed by atoms with E-state index in [1.165, 1.54) is 28.6 Å². The first-order chi connectivity index (χ1) is 16.2. The fraction of sp³-hybridized carbons (Fsp3) is 0.130. The monoisotopic (exact) mass is 519 g/mol. The number of sulfonamides is 1. The van der Waals surface area contributed by atoms with Crippen molar-refractivity contribution in [3.8, 4) is 0 Å². The van der Waals surface area contributed by atoms with Crippen molar-refractivity contribution in [3.63, 3.8) is 0 Å². The van der Waals surface area contributed by atoms with Gasteiger partial charge in [0, 0.05) is 21.8 Å². The second-order valence-electron chi connectivity index (χ2n) is 7.37. The fourth-order valence-electron chi connectivity index (χ4n) is 3.31. The van der Waals surface area contributed by atoms with Crippen LogP contribution in [0.25, 0.3) is 0 Å². The van der Waals surface area contributed by atoms with Crippen LogP contribution >= 0.6 is 23.2 Å². The Labute approximate surface area is 206 Å². The van der Waals surface area contributed by atoms with Crippen molar-refractivity contribution in [2.75, 3.05) is 34.0 Å². The highest BCUT2D eigenvalue weighted by Crippen LogP contribution is 2.27. The topological polar surface area (TPSA) is 105 Å². The van der Waals surface area contributed by atoms with Crippen molar-refractivity contribution in [3.05, 3.63) is 87.9 Å². The number of benzene rings is 3. The van der Waals surface area contributed by atoms with Gasteiger partial charge >= 0.3 is 0 Å². The molecular weight excluding hydrogens is 501 g/mol. The lowest BCUT2D eigenvalue weighted by Gasteiger charge is -2.28. The molecule has 1 aliphatic rings. The predicted octanol–water partition coefficient (Wildman–Crippen LogP) is 4.62. The molecule has 4 rings (SSSR count). The summed E-state index contributed by atoms with van der Waals surface area (Å²) in [6.45, 7) is 0.510. The number of nitrogens with one attached hydrogen (secondary N) is 2. The first-order valence-electron chi connectivity index (χ1n) is 10.1. The second-order valence-corrected chi connectivity index (χ2v) is 10.1. The molecule has 0 aromatic heterocycles. The lowest BCUT2D eigenvalue weighted by molar-refractivity contribution is 0.101. The van der Waals surface area contributed by atoms with Gasteiger partial charge in [-0.2, -0.15) is 0 Å². The molecule has 0 bridgehead atoms. The first kappa shape index (κ1) is 24.0. The predicted molar refractivity (Wildman–Crippen MR) is 132 cm³/mol. The van der Waals surface area contributed by atoms with E-state index in [0.29, 0.717) is 44.8 Å². The van der Waals surface area contributed by atoms with Crippen LogP contribution in [0.2, 0.25) is 10.0 Å². The Morgan fingerprint density at radius 3 is 2.32 bits per heavy atom. The van der Waals surface area contributed by atoms with Crippen LogP contribution in [0.1, 0.15) is 20.7 Å². The van der Waals surface area contributed by atoms with Gasteiger partial charge in [0.2, 0.25) is 0 Å². The zero-order chi connectivity index (χ0) is 24.3. The summed E-state index contributed by atoms with van der Waals surface area (Å²) >= 11 is 12.2. The van der Waals surface area contributed by atoms with Crippen molar-refractivity contribution >= 4 is 62.1 Å². The van der Waals surface area contributed by atoms with Crippen LogP contribution in [0, 0.1) is 0 Å². The Hall–Kier alpha value is -3.11. The number of rotatable bonds is 5. The number of hydrogen-bond donors (Lipinski definition) is 2. The summed E-state index contributed by atoms with van der Waals surface area (Å²) in [7, 11) is -3.54. The standard InChI is InChI=1S/C23H19Cl2N3O5S/c24-17-3-1-2-16(12-17)23(30)27-21-13-18(6-9-20(21)25)26-22(29)15-4-7-19(8-5-15)28-10-11-33-14-34(28,31)32/h1-9,12-13H,10-11,14H2,(H,26,29)(H,27,30). The Balaban J connectivity index is 1.46. The van der Waals surface area contributed by atoms with Crippen LogP contribution < -0.4 is 14.9 Å². The minimum Gasteiger partial charge on any atom is -0.362 e. The molecule has 0 atom stereocenters. The summed E-state index contributed by atoms with van der Waals surface area (Å²) in [5.74, 6) is -1.19. The number of hydrogen-bond acceptors (Lipinski definition) is 5. The first-order valence-corrected chi connectivity index (χ1v) is 12.5. The lowest BCUT2D eigenvalue weighted by atomic mass is 10.1. The SMILES string of the molecule is O=C(Nc1ccc(Cl)c(NC(=O)c2cccc(Cl)c2)c1)c1ccc(N2CCOCS2(=O)=O)cc1. The summed E-state index contributed by atoms with van der Waals surface area (Å²) in [5.41, 5.74) is 1.87. The molecule has 1 aliphatic heterocycles. The molecule has 0 radical (unpaired) electrons. The molecule has 1 saturated heterocycles. The molecule has 3 aromatic rings. The average molecular weight is 520 g/mol. The number of carbonyl (C=O) groups excluding carboxylic acids is 2. The minimum atomic E-state index is -3.54. The van der Waals surface area contributed by atoms with Gasteiger partial charge in [0.1, 0.15) is 0 Å². The van der Waals surface area contributed by atoms with Gasteiger partial charge in [0.15, 0.2) is 5.94 Å². The quantitative estimate of drug-likeness (QED) is 0.511. The summed E-state index contributed by atoms with van der Waals surface area (Å²) in [6, 6.07) is 17.4. The third-order valence-corrected chi connectivity index (χ3v) is 7.08. The van der Waals surface area contributed by atoms with Crippen LogP contribution in [0.3, 0.4) is 0 Å². The van der Waals surface area contributed by atoms with E-state index in [1.807, 2.05) is 0 Å². The van der Waals surface area contributed by atoms with E-state index in [9.17, 15) is 18.0 Å². The number of amides is 2. The van der Waals surface area contributed by atoms with Crippen molar-refractivity contribution < 1.29 is 22.7 Å². The zero-order valence-electron chi connectivity index (χ0n) is 17.6. The van der Waals surface area contributed by atoms with E-state index in [4.69, 9.17) is 27.9 Å². The van der Waals surface area contributed by atoms with Gasteiger partial charge in [0.25, 0.3) is 21.8 Å². The second kappa shape index (κ2) is 10.0. The Bertz CT molecular complexity index is 1350. The van der Waals surface area contributed by atoms with Gasteiger partial charge in [-0.3, -0.25) is 13.9 Å². The Morgan fingerprint density at radius 1 is 0.882 bits per heavy atom. The summed E-state index contributed by atoms with van der Waals surface area (Å²) < 4.78 is 30.6. The normalized spacial score (nSPS) is 14.9. The van der Waals surface area contributed by atoms with Crippen LogP contribution in [0.4, 0.5) is 17.1 Å². The van der Waals surface area contributed by atoms with Gasteiger partial charge < -0.3 is 15.4 Å². The highest BCUT2D eigenvalue weighted by atomic mass is 35.5. The van der Waals surface area contributed by atoms with Crippen molar-refractivity contribution in [1.29, 1.82) is 0 Å². The third-order valence-electron chi connectivity index (χ3n) is 4.98. The molecule has 2 amide bonds. The number of ether oxygens (including phenoxy) is 1. The number of anilines is 3. The average Bonchev–Trinajstić information content (AvgIpc) is 2.81. The molecule has 1 fully saturated rings. The maximum Gasteiger partial charge on any atom is 0.259 e. The van der Waals surface area contributed by atoms with Gasteiger partial charge in [0.05, 0.1) is 29.5 Å². The summed E-state index contributed by atoms with van der Waals surface area (Å²) in [6.07, 6.45) is 0. The smallest absolute Gasteiger partial charge is 0.259 e. The van der Waals surface area contributed by atoms with E-state index in [-0.39, 0.29) is 12.5 Å². The fourth-order valence-corrected chi connectivity index (χ4v) is 4.92. The molecule has 0 saturated carbocycles. The van der Waals surface area contributed by atoms with Crippen LogP contribution in [-0.4, -0.2) is 39.3 Å². The maximum absolute atomic E-state index is 12.7. The third kappa shape index (κ3) is 5.51. The van der Waals surface area contributed by atoms with Crippen LogP contribution in [0.15, 0.2) is 66.7 Å². The lowest BCUT2D eigenvalue weighted by Crippen LogP contribution is -2.41. The largest absolute Gasteiger partial charge is 0.362 e. The van der Waals surface area contributed by atoms with E-state index >= 15 is 0 Å². The van der Waals surface area contributed by atoms with E-state index in [0.717, 1.165) is 0 Å². The van der Waals surface area contributed by atoms with Crippen molar-refractivity contribution in [1.82, 2.24) is 0 Å². The number of nitrogens with zero attached hydrogens (tertiary/aromatic N) is 1. The molecular formula is C23H19Cl2N3O5S. The molecule has 1 heterocycles. The van der Waals surface area contributed by atoms with E-state index < -0.39 is 21.8 Å². The maximum atomic E-state index is 12.7. The van der Waals surface area contributed by atoms with Gasteiger partial charge in [-0.15, -0.1) is 0 Å². The van der Waals surface area contributed by atoms with Gasteiger partial charge in [-0.25, -0.2) is 8.42 Å². The van der Waals surface area contributed by atoms with Crippen molar-refractivity contribution in [2.45, 2.75) is 0 Å². The number of halogens is 2. The molecule has 2 N–H and O–H groups in total. The zero-order valence-corrected chi connectivity index (χ0v) is 20.0. The molecule has 176 valence electrons. The molecule has 0 spiro atoms. The van der Waals surface area contributed by atoms with Crippen molar-refractivity contribution in [2.24, 2.45) is 0 Å². The van der Waals surface area contributed by atoms with Gasteiger partial charge in [-0.05, 0) is 60.7 Å². The highest BCUT2D eigenvalue weighted by molar-refractivity contribution is 7.92. The summed E-state index contributed by atoms with van der Waals surface area (Å²) in [4.78, 5) is 25.2. The summed E-state index contributed by atoms with van der Waals surface area (Å²) in [5, 5.41) is 6.17. The van der Waals surface area contributed by atoms with Crippen LogP contribution in [0.5, 0.6) is 0 Å². The van der Waals surface area contributed by atoms with Gasteiger partial charge in [-0.1, -0.05) is 29.3 Å². The molecule has 0 unspecified atom stereocenters. The van der Waals surface area contributed by atoms with E-state index in [2.05, 4.69) is 10.6 Å². The number of carbonyl (C=O) groups is 2. The highest BCUT2D eigenvalue weighted by Gasteiger charge is 2.26. The molecule has 11 heteroatoms. The Kier molecular flexibility index (Phi) is 7.08. The Morgan fingerprint density at radius 2 is 1.62 bits per heavy atom. The van der Waals surface area contributed by atoms with Crippen LogP contribution in [-0.2, 0) is 14.8 Å².